The molecule has 0 spiro atoms. The van der Waals surface area contributed by atoms with Crippen LogP contribution in [0, 0.1) is 0 Å². The standard InChI is InChI=1S/C10H13NO3/c1-3-14-10(12)11-8-6-4-5-7-9(8)13-2/h4-7H,3H2,1-2H3,(H,11,12). The molecule has 0 atom stereocenters. The number of methoxy groups -OCH3 is 1. The van der Waals surface area contributed by atoms with Gasteiger partial charge in [-0.2, -0.15) is 0 Å². The van der Waals surface area contributed by atoms with E-state index >= 15 is 0 Å². The lowest BCUT2D eigenvalue weighted by atomic mass is 10.3. The summed E-state index contributed by atoms with van der Waals surface area (Å²) in [6.45, 7) is 2.10. The van der Waals surface area contributed by atoms with Gasteiger partial charge in [0.05, 0.1) is 19.4 Å². The number of amides is 1. The van der Waals surface area contributed by atoms with Crippen LogP contribution in [-0.2, 0) is 4.74 Å². The van der Waals surface area contributed by atoms with Crippen LogP contribution in [0.1, 0.15) is 6.92 Å². The zero-order valence-electron chi connectivity index (χ0n) is 8.24. The molecule has 0 fully saturated rings. The number of anilines is 1. The summed E-state index contributed by atoms with van der Waals surface area (Å²) in [5, 5.41) is 2.58. The van der Waals surface area contributed by atoms with Crippen LogP contribution in [0.25, 0.3) is 0 Å². The first kappa shape index (κ1) is 10.4. The van der Waals surface area contributed by atoms with Gasteiger partial charge in [-0.25, -0.2) is 4.79 Å². The summed E-state index contributed by atoms with van der Waals surface area (Å²) < 4.78 is 9.79. The van der Waals surface area contributed by atoms with Gasteiger partial charge in [-0.3, -0.25) is 5.32 Å². The molecule has 0 aliphatic heterocycles. The first-order valence-electron chi connectivity index (χ1n) is 4.34. The highest BCUT2D eigenvalue weighted by molar-refractivity contribution is 5.86. The van der Waals surface area contributed by atoms with Crippen molar-refractivity contribution >= 4 is 11.8 Å². The third-order valence-electron chi connectivity index (χ3n) is 1.62. The molecule has 0 unspecified atom stereocenters. The van der Waals surface area contributed by atoms with E-state index in [4.69, 9.17) is 9.47 Å². The molecule has 0 aliphatic carbocycles. The van der Waals surface area contributed by atoms with Crippen molar-refractivity contribution in [3.63, 3.8) is 0 Å². The summed E-state index contributed by atoms with van der Waals surface area (Å²) >= 11 is 0. The minimum atomic E-state index is -0.475. The van der Waals surface area contributed by atoms with Crippen LogP contribution in [0.2, 0.25) is 0 Å². The quantitative estimate of drug-likeness (QED) is 0.804. The summed E-state index contributed by atoms with van der Waals surface area (Å²) in [4.78, 5) is 11.1. The predicted molar refractivity (Wildman–Crippen MR) is 53.6 cm³/mol. The van der Waals surface area contributed by atoms with E-state index in [1.54, 1.807) is 26.2 Å². The molecule has 76 valence electrons. The average Bonchev–Trinajstić information content (AvgIpc) is 2.19. The topological polar surface area (TPSA) is 47.6 Å². The van der Waals surface area contributed by atoms with E-state index in [9.17, 15) is 4.79 Å². The van der Waals surface area contributed by atoms with Gasteiger partial charge in [0.15, 0.2) is 0 Å². The second-order valence-corrected chi connectivity index (χ2v) is 2.55. The van der Waals surface area contributed by atoms with Crippen molar-refractivity contribution in [2.24, 2.45) is 0 Å². The summed E-state index contributed by atoms with van der Waals surface area (Å²) in [7, 11) is 1.55. The average molecular weight is 195 g/mol. The Kier molecular flexibility index (Phi) is 3.79. The largest absolute Gasteiger partial charge is 0.495 e. The molecular formula is C10H13NO3. The summed E-state index contributed by atoms with van der Waals surface area (Å²) in [5.74, 6) is 0.612. The molecule has 0 bridgehead atoms. The molecule has 0 radical (unpaired) electrons. The summed E-state index contributed by atoms with van der Waals surface area (Å²) in [6, 6.07) is 7.15. The highest BCUT2D eigenvalue weighted by Gasteiger charge is 2.05. The van der Waals surface area contributed by atoms with Crippen LogP contribution < -0.4 is 10.1 Å². The first-order valence-corrected chi connectivity index (χ1v) is 4.34. The van der Waals surface area contributed by atoms with Gasteiger partial charge < -0.3 is 9.47 Å². The number of hydrogen-bond acceptors (Lipinski definition) is 3. The van der Waals surface area contributed by atoms with Crippen LogP contribution in [0.4, 0.5) is 10.5 Å². The zero-order valence-corrected chi connectivity index (χ0v) is 8.24. The maximum absolute atomic E-state index is 11.1. The van der Waals surface area contributed by atoms with Crippen molar-refractivity contribution < 1.29 is 14.3 Å². The van der Waals surface area contributed by atoms with Gasteiger partial charge in [0.1, 0.15) is 5.75 Å². The molecule has 4 nitrogen and oxygen atoms in total. The number of carbonyl (C=O) groups is 1. The molecule has 1 aromatic carbocycles. The Morgan fingerprint density at radius 2 is 2.14 bits per heavy atom. The van der Waals surface area contributed by atoms with Gasteiger partial charge in [-0.1, -0.05) is 12.1 Å². The van der Waals surface area contributed by atoms with Gasteiger partial charge in [-0.05, 0) is 19.1 Å². The summed E-state index contributed by atoms with van der Waals surface area (Å²) in [6.07, 6.45) is -0.475. The van der Waals surface area contributed by atoms with Crippen LogP contribution >= 0.6 is 0 Å². The van der Waals surface area contributed by atoms with Crippen molar-refractivity contribution in [1.29, 1.82) is 0 Å². The number of nitrogens with one attached hydrogen (secondary N) is 1. The van der Waals surface area contributed by atoms with Crippen molar-refractivity contribution in [2.45, 2.75) is 6.92 Å². The fraction of sp³-hybridized carbons (Fsp3) is 0.300. The normalized spacial score (nSPS) is 9.29. The number of rotatable bonds is 3. The zero-order chi connectivity index (χ0) is 10.4. The van der Waals surface area contributed by atoms with Gasteiger partial charge in [-0.15, -0.1) is 0 Å². The molecule has 0 saturated heterocycles. The number of benzene rings is 1. The molecule has 1 aromatic rings. The van der Waals surface area contributed by atoms with Crippen LogP contribution in [0.5, 0.6) is 5.75 Å². The van der Waals surface area contributed by atoms with Gasteiger partial charge in [0.2, 0.25) is 0 Å². The lowest BCUT2D eigenvalue weighted by Gasteiger charge is -2.08. The van der Waals surface area contributed by atoms with E-state index in [0.29, 0.717) is 18.0 Å². The SMILES string of the molecule is CCOC(=O)Nc1ccccc1OC. The van der Waals surface area contributed by atoms with Crippen molar-refractivity contribution in [3.05, 3.63) is 24.3 Å². The van der Waals surface area contributed by atoms with Crippen LogP contribution in [-0.4, -0.2) is 19.8 Å². The fourth-order valence-electron chi connectivity index (χ4n) is 1.03. The Labute approximate surface area is 82.8 Å². The highest BCUT2D eigenvalue weighted by atomic mass is 16.5. The summed E-state index contributed by atoms with van der Waals surface area (Å²) in [5.41, 5.74) is 0.605. The van der Waals surface area contributed by atoms with Crippen molar-refractivity contribution in [1.82, 2.24) is 0 Å². The smallest absolute Gasteiger partial charge is 0.411 e. The van der Waals surface area contributed by atoms with Crippen LogP contribution in [0.3, 0.4) is 0 Å². The van der Waals surface area contributed by atoms with Gasteiger partial charge >= 0.3 is 6.09 Å². The third-order valence-corrected chi connectivity index (χ3v) is 1.62. The Bertz CT molecular complexity index is 312. The van der Waals surface area contributed by atoms with Gasteiger partial charge in [0.25, 0.3) is 0 Å². The molecule has 0 heterocycles. The maximum atomic E-state index is 11.1. The minimum absolute atomic E-state index is 0.348. The Balaban J connectivity index is 2.70. The van der Waals surface area contributed by atoms with Crippen molar-refractivity contribution in [3.8, 4) is 5.75 Å². The monoisotopic (exact) mass is 195 g/mol. The Hall–Kier alpha value is -1.71. The number of carbonyl (C=O) groups excluding carboxylic acids is 1. The number of para-hydroxylation sites is 2. The second kappa shape index (κ2) is 5.11. The molecule has 0 aliphatic rings. The van der Waals surface area contributed by atoms with E-state index < -0.39 is 6.09 Å². The first-order chi connectivity index (χ1) is 6.77. The Morgan fingerprint density at radius 1 is 1.43 bits per heavy atom. The predicted octanol–water partition coefficient (Wildman–Crippen LogP) is 2.26. The number of ether oxygens (including phenoxy) is 2. The lowest BCUT2D eigenvalue weighted by molar-refractivity contribution is 0.168. The van der Waals surface area contributed by atoms with Crippen molar-refractivity contribution in [2.75, 3.05) is 19.0 Å². The van der Waals surface area contributed by atoms with Crippen LogP contribution in [0.15, 0.2) is 24.3 Å². The fourth-order valence-corrected chi connectivity index (χ4v) is 1.03. The second-order valence-electron chi connectivity index (χ2n) is 2.55. The third kappa shape index (κ3) is 2.65. The minimum Gasteiger partial charge on any atom is -0.495 e. The molecule has 0 aromatic heterocycles. The van der Waals surface area contributed by atoms with E-state index in [2.05, 4.69) is 5.32 Å². The molecule has 1 amide bonds. The highest BCUT2D eigenvalue weighted by Crippen LogP contribution is 2.22. The molecule has 4 heteroatoms. The molecule has 1 N–H and O–H groups in total. The number of hydrogen-bond donors (Lipinski definition) is 1. The Morgan fingerprint density at radius 3 is 2.79 bits per heavy atom. The molecule has 0 saturated carbocycles. The van der Waals surface area contributed by atoms with E-state index in [1.807, 2.05) is 12.1 Å². The van der Waals surface area contributed by atoms with Gasteiger partial charge in [0, 0.05) is 0 Å². The maximum Gasteiger partial charge on any atom is 0.411 e. The van der Waals surface area contributed by atoms with E-state index in [1.165, 1.54) is 0 Å². The molecule has 1 rings (SSSR count). The molecular weight excluding hydrogens is 182 g/mol. The van der Waals surface area contributed by atoms with E-state index in [0.717, 1.165) is 0 Å². The molecule has 14 heavy (non-hydrogen) atoms. The van der Waals surface area contributed by atoms with E-state index in [-0.39, 0.29) is 0 Å². The lowest BCUT2D eigenvalue weighted by Crippen LogP contribution is -2.13.